The third kappa shape index (κ3) is 4.51. The molecule has 0 aliphatic rings. The van der Waals surface area contributed by atoms with Crippen LogP contribution in [0.4, 0.5) is 4.39 Å². The van der Waals surface area contributed by atoms with E-state index in [0.717, 1.165) is 0 Å². The van der Waals surface area contributed by atoms with Crippen LogP contribution in [-0.4, -0.2) is 31.8 Å². The molecule has 4 aromatic rings. The molecule has 0 spiro atoms. The summed E-state index contributed by atoms with van der Waals surface area (Å²) < 4.78 is 14.6. The number of nitrogens with zero attached hydrogens (tertiary/aromatic N) is 3. The van der Waals surface area contributed by atoms with Crippen molar-refractivity contribution in [1.82, 2.24) is 30.8 Å². The molecule has 2 aromatic carbocycles. The van der Waals surface area contributed by atoms with Crippen molar-refractivity contribution >= 4 is 40.3 Å². The first kappa shape index (κ1) is 21.9. The summed E-state index contributed by atoms with van der Waals surface area (Å²) >= 11 is 6.38. The molecule has 0 unspecified atom stereocenters. The third-order valence-electron chi connectivity index (χ3n) is 4.73. The minimum absolute atomic E-state index is 0.0473. The number of aryl methyl sites for hydroxylation is 1. The minimum Gasteiger partial charge on any atom is -0.268 e. The molecule has 0 saturated heterocycles. The highest BCUT2D eigenvalue weighted by Gasteiger charge is 2.15. The predicted octanol–water partition coefficient (Wildman–Crippen LogP) is 2.68. The van der Waals surface area contributed by atoms with E-state index >= 15 is 0 Å². The van der Waals surface area contributed by atoms with Crippen LogP contribution in [0, 0.1) is 12.7 Å². The van der Waals surface area contributed by atoms with Gasteiger partial charge in [-0.3, -0.25) is 25.2 Å². The predicted molar refractivity (Wildman–Crippen MR) is 120 cm³/mol. The van der Waals surface area contributed by atoms with Crippen molar-refractivity contribution in [3.8, 4) is 5.69 Å². The summed E-state index contributed by atoms with van der Waals surface area (Å²) in [5.41, 5.74) is 5.60. The molecule has 0 aliphatic heterocycles. The lowest BCUT2D eigenvalue weighted by molar-refractivity contribution is -0.117. The average Bonchev–Trinajstić information content (AvgIpc) is 3.10. The van der Waals surface area contributed by atoms with Crippen LogP contribution in [0.3, 0.4) is 0 Å². The second kappa shape index (κ2) is 9.05. The Hall–Kier alpha value is -4.31. The van der Waals surface area contributed by atoms with Gasteiger partial charge in [0.2, 0.25) is 0 Å². The number of halogens is 2. The van der Waals surface area contributed by atoms with Gasteiger partial charge in [0.15, 0.2) is 5.69 Å². The number of hydrogen-bond donors (Lipinski definition) is 3. The van der Waals surface area contributed by atoms with Crippen LogP contribution < -0.4 is 16.4 Å². The fourth-order valence-corrected chi connectivity index (χ4v) is 3.46. The van der Waals surface area contributed by atoms with Gasteiger partial charge in [0.25, 0.3) is 17.4 Å². The number of carbonyl (C=O) groups excluding carboxylic acids is 2. The number of hydrazine groups is 1. The summed E-state index contributed by atoms with van der Waals surface area (Å²) in [7, 11) is 0. The first-order chi connectivity index (χ1) is 15.8. The zero-order valence-corrected chi connectivity index (χ0v) is 17.9. The molecule has 0 bridgehead atoms. The third-order valence-corrected chi connectivity index (χ3v) is 5.09. The fraction of sp³-hybridized carbons (Fsp3) is 0.0455. The molecule has 4 rings (SSSR count). The van der Waals surface area contributed by atoms with Crippen molar-refractivity contribution in [2.24, 2.45) is 0 Å². The SMILES string of the molecule is Cc1nn(-c2ccc(F)cc2)c(Cl)c1/C=C/C(=O)NNC(=O)c1n[nH]c(=O)c2ccccc12. The van der Waals surface area contributed by atoms with E-state index < -0.39 is 17.4 Å². The van der Waals surface area contributed by atoms with E-state index in [2.05, 4.69) is 26.1 Å². The lowest BCUT2D eigenvalue weighted by Gasteiger charge is -2.06. The standard InChI is InChI=1S/C22H16ClFN6O3/c1-12-15(20(23)30(29-12)14-8-6-13(24)7-9-14)10-11-18(31)25-28-22(33)19-16-4-2-3-5-17(16)21(32)27-26-19/h2-11H,1H3,(H,25,31)(H,27,32)(H,28,33)/b11-10+. The van der Waals surface area contributed by atoms with E-state index in [0.29, 0.717) is 27.7 Å². The quantitative estimate of drug-likeness (QED) is 0.315. The molecule has 3 N–H and O–H groups in total. The summed E-state index contributed by atoms with van der Waals surface area (Å²) in [6.07, 6.45) is 2.61. The van der Waals surface area contributed by atoms with Gasteiger partial charge < -0.3 is 0 Å². The van der Waals surface area contributed by atoms with Gasteiger partial charge in [-0.2, -0.15) is 10.2 Å². The Morgan fingerprint density at radius 1 is 1.09 bits per heavy atom. The minimum atomic E-state index is -0.706. The Morgan fingerprint density at radius 3 is 2.52 bits per heavy atom. The van der Waals surface area contributed by atoms with E-state index in [1.54, 1.807) is 31.2 Å². The monoisotopic (exact) mass is 466 g/mol. The van der Waals surface area contributed by atoms with Crippen molar-refractivity contribution in [2.45, 2.75) is 6.92 Å². The van der Waals surface area contributed by atoms with Crippen molar-refractivity contribution in [1.29, 1.82) is 0 Å². The van der Waals surface area contributed by atoms with Crippen molar-refractivity contribution < 1.29 is 14.0 Å². The number of fused-ring (bicyclic) bond motifs is 1. The Bertz CT molecular complexity index is 1460. The summed E-state index contributed by atoms with van der Waals surface area (Å²) in [6.45, 7) is 1.71. The van der Waals surface area contributed by atoms with Gasteiger partial charge in [-0.1, -0.05) is 29.8 Å². The second-order valence-electron chi connectivity index (χ2n) is 6.90. The Kier molecular flexibility index (Phi) is 6.01. The van der Waals surface area contributed by atoms with Gasteiger partial charge in [-0.25, -0.2) is 14.2 Å². The van der Waals surface area contributed by atoms with Gasteiger partial charge in [0.05, 0.1) is 16.8 Å². The maximum Gasteiger partial charge on any atom is 0.290 e. The number of amides is 2. The van der Waals surface area contributed by atoms with Crippen LogP contribution >= 0.6 is 11.6 Å². The molecule has 2 amide bonds. The van der Waals surface area contributed by atoms with Gasteiger partial charge in [0.1, 0.15) is 11.0 Å². The maximum atomic E-state index is 13.2. The smallest absolute Gasteiger partial charge is 0.268 e. The summed E-state index contributed by atoms with van der Waals surface area (Å²) in [4.78, 5) is 36.5. The second-order valence-corrected chi connectivity index (χ2v) is 7.26. The van der Waals surface area contributed by atoms with Gasteiger partial charge in [-0.05, 0) is 43.3 Å². The van der Waals surface area contributed by atoms with Gasteiger partial charge >= 0.3 is 0 Å². The van der Waals surface area contributed by atoms with Crippen LogP contribution in [-0.2, 0) is 4.79 Å². The molecule has 33 heavy (non-hydrogen) atoms. The zero-order valence-electron chi connectivity index (χ0n) is 17.1. The molecule has 0 aliphatic carbocycles. The lowest BCUT2D eigenvalue weighted by Crippen LogP contribution is -2.41. The van der Waals surface area contributed by atoms with Crippen LogP contribution in [0.5, 0.6) is 0 Å². The zero-order chi connectivity index (χ0) is 23.5. The van der Waals surface area contributed by atoms with Crippen LogP contribution in [0.1, 0.15) is 21.7 Å². The number of hydrogen-bond acceptors (Lipinski definition) is 5. The number of H-pyrrole nitrogens is 1. The molecular weight excluding hydrogens is 451 g/mol. The molecule has 0 atom stereocenters. The number of nitrogens with one attached hydrogen (secondary N) is 3. The van der Waals surface area contributed by atoms with E-state index in [1.165, 1.54) is 41.1 Å². The molecule has 166 valence electrons. The normalized spacial score (nSPS) is 11.1. The van der Waals surface area contributed by atoms with Gasteiger partial charge in [0, 0.05) is 17.0 Å². The summed E-state index contributed by atoms with van der Waals surface area (Å²) in [6, 6.07) is 12.1. The lowest BCUT2D eigenvalue weighted by atomic mass is 10.1. The Morgan fingerprint density at radius 2 is 1.79 bits per heavy atom. The van der Waals surface area contributed by atoms with Crippen molar-refractivity contribution in [3.63, 3.8) is 0 Å². The van der Waals surface area contributed by atoms with Crippen LogP contribution in [0.25, 0.3) is 22.5 Å². The van der Waals surface area contributed by atoms with Gasteiger partial charge in [-0.15, -0.1) is 0 Å². The molecule has 0 radical (unpaired) electrons. The number of rotatable bonds is 4. The van der Waals surface area contributed by atoms with E-state index in [4.69, 9.17) is 11.6 Å². The van der Waals surface area contributed by atoms with Crippen molar-refractivity contribution in [2.75, 3.05) is 0 Å². The number of aromatic amines is 1. The number of benzene rings is 2. The number of aromatic nitrogens is 4. The Labute approximate surface area is 190 Å². The molecule has 0 saturated carbocycles. The van der Waals surface area contributed by atoms with Crippen molar-refractivity contribution in [3.05, 3.63) is 92.9 Å². The fourth-order valence-electron chi connectivity index (χ4n) is 3.12. The molecule has 11 heteroatoms. The summed E-state index contributed by atoms with van der Waals surface area (Å²) in [5, 5.41) is 11.2. The Balaban J connectivity index is 1.46. The molecule has 9 nitrogen and oxygen atoms in total. The average molecular weight is 467 g/mol. The largest absolute Gasteiger partial charge is 0.290 e. The van der Waals surface area contributed by atoms with E-state index in [-0.39, 0.29) is 16.7 Å². The maximum absolute atomic E-state index is 13.2. The highest BCUT2D eigenvalue weighted by molar-refractivity contribution is 6.31. The first-order valence-corrected chi connectivity index (χ1v) is 10.00. The van der Waals surface area contributed by atoms with Crippen LogP contribution in [0.15, 0.2) is 59.4 Å². The molecule has 0 fully saturated rings. The highest BCUT2D eigenvalue weighted by Crippen LogP contribution is 2.24. The summed E-state index contributed by atoms with van der Waals surface area (Å²) in [5.74, 6) is -1.73. The molecular formula is C22H16ClFN6O3. The van der Waals surface area contributed by atoms with E-state index in [9.17, 15) is 18.8 Å². The molecule has 2 heterocycles. The first-order valence-electron chi connectivity index (χ1n) is 9.62. The highest BCUT2D eigenvalue weighted by atomic mass is 35.5. The molecule has 2 aromatic heterocycles. The topological polar surface area (TPSA) is 122 Å². The van der Waals surface area contributed by atoms with Crippen LogP contribution in [0.2, 0.25) is 5.15 Å². The van der Waals surface area contributed by atoms with E-state index in [1.807, 2.05) is 0 Å². The number of carbonyl (C=O) groups is 2.